The zero-order chi connectivity index (χ0) is 39.5. The molecule has 9 aromatic rings. The Balaban J connectivity index is 1.06. The van der Waals surface area contributed by atoms with Crippen LogP contribution in [-0.2, 0) is 5.41 Å². The Morgan fingerprint density at radius 1 is 0.345 bits per heavy atom. The van der Waals surface area contributed by atoms with Crippen LogP contribution in [0.1, 0.15) is 26.3 Å². The Morgan fingerprint density at radius 3 is 1.14 bits per heavy atom. The smallest absolute Gasteiger partial charge is 0.168 e. The van der Waals surface area contributed by atoms with E-state index >= 15 is 0 Å². The van der Waals surface area contributed by atoms with Crippen molar-refractivity contribution in [1.29, 1.82) is 0 Å². The van der Waals surface area contributed by atoms with Crippen molar-refractivity contribution < 1.29 is 0 Å². The van der Waals surface area contributed by atoms with Crippen molar-refractivity contribution >= 4 is 17.1 Å². The van der Waals surface area contributed by atoms with Crippen LogP contribution in [0.15, 0.2) is 212 Å². The van der Waals surface area contributed by atoms with Gasteiger partial charge in [-0.25, -0.2) is 0 Å². The van der Waals surface area contributed by atoms with Gasteiger partial charge >= 0.3 is 0 Å². The highest BCUT2D eigenvalue weighted by Crippen LogP contribution is 2.41. The van der Waals surface area contributed by atoms with Crippen molar-refractivity contribution in [3.8, 4) is 61.8 Å². The Labute approximate surface area is 341 Å². The van der Waals surface area contributed by atoms with E-state index in [4.69, 9.17) is 10.2 Å². The highest BCUT2D eigenvalue weighted by Gasteiger charge is 2.20. The summed E-state index contributed by atoms with van der Waals surface area (Å²) in [5, 5.41) is 9.54. The number of aromatic nitrogens is 3. The second-order valence-electron chi connectivity index (χ2n) is 15.6. The molecule has 0 unspecified atom stereocenters. The van der Waals surface area contributed by atoms with E-state index in [0.717, 1.165) is 56.7 Å². The quantitative estimate of drug-likeness (QED) is 0.147. The standard InChI is InChI=1S/C54H44N4/c1-54(2,3)43-35-31-42(32-36-43)53-56-55-52(58(53)46-21-11-6-12-22-46)41-29-27-39(28-30-41)48-23-13-15-25-50(48)51-26-16-14-24-49(51)40-33-37-47(38-34-40)57(44-17-7-4-8-18-44)45-19-9-5-10-20-45/h4-38H,1-3H3. The van der Waals surface area contributed by atoms with Gasteiger partial charge in [-0.3, -0.25) is 4.57 Å². The normalized spacial score (nSPS) is 11.4. The van der Waals surface area contributed by atoms with E-state index in [2.05, 4.69) is 236 Å². The first-order chi connectivity index (χ1) is 28.4. The zero-order valence-electron chi connectivity index (χ0n) is 33.0. The maximum atomic E-state index is 4.78. The molecule has 0 aliphatic rings. The summed E-state index contributed by atoms with van der Waals surface area (Å²) >= 11 is 0. The minimum Gasteiger partial charge on any atom is -0.311 e. The number of nitrogens with zero attached hydrogens (tertiary/aromatic N) is 4. The Bertz CT molecular complexity index is 2730. The summed E-state index contributed by atoms with van der Waals surface area (Å²) in [4.78, 5) is 2.29. The molecule has 0 spiro atoms. The SMILES string of the molecule is CC(C)(C)c1ccc(-c2nnc(-c3ccc(-c4ccccc4-c4ccccc4-c4ccc(N(c5ccccc5)c5ccccc5)cc4)cc3)n2-c2ccccc2)cc1. The molecular weight excluding hydrogens is 705 g/mol. The fourth-order valence-corrected chi connectivity index (χ4v) is 7.73. The summed E-state index contributed by atoms with van der Waals surface area (Å²) in [5.74, 6) is 1.61. The molecule has 1 aromatic heterocycles. The Kier molecular flexibility index (Phi) is 9.83. The lowest BCUT2D eigenvalue weighted by Crippen LogP contribution is -2.10. The maximum absolute atomic E-state index is 4.78. The number of para-hydroxylation sites is 3. The molecule has 0 saturated carbocycles. The highest BCUT2D eigenvalue weighted by molar-refractivity contribution is 5.92. The van der Waals surface area contributed by atoms with E-state index in [9.17, 15) is 0 Å². The third-order valence-corrected chi connectivity index (χ3v) is 10.8. The van der Waals surface area contributed by atoms with Crippen LogP contribution in [0.2, 0.25) is 0 Å². The van der Waals surface area contributed by atoms with Crippen molar-refractivity contribution in [2.75, 3.05) is 4.90 Å². The molecule has 0 saturated heterocycles. The predicted octanol–water partition coefficient (Wildman–Crippen LogP) is 14.4. The molecule has 9 rings (SSSR count). The van der Waals surface area contributed by atoms with Crippen molar-refractivity contribution in [1.82, 2.24) is 14.8 Å². The van der Waals surface area contributed by atoms with Crippen molar-refractivity contribution in [3.05, 3.63) is 218 Å². The van der Waals surface area contributed by atoms with Crippen molar-refractivity contribution in [2.45, 2.75) is 26.2 Å². The van der Waals surface area contributed by atoms with E-state index < -0.39 is 0 Å². The molecular formula is C54H44N4. The van der Waals surface area contributed by atoms with Crippen LogP contribution in [0.25, 0.3) is 61.8 Å². The van der Waals surface area contributed by atoms with Gasteiger partial charge in [0.1, 0.15) is 0 Å². The van der Waals surface area contributed by atoms with Crippen molar-refractivity contribution in [3.63, 3.8) is 0 Å². The molecule has 4 heteroatoms. The molecule has 0 bridgehead atoms. The van der Waals surface area contributed by atoms with Gasteiger partial charge in [0.25, 0.3) is 0 Å². The van der Waals surface area contributed by atoms with E-state index in [1.807, 2.05) is 6.07 Å². The third kappa shape index (κ3) is 7.24. The van der Waals surface area contributed by atoms with Crippen molar-refractivity contribution in [2.24, 2.45) is 0 Å². The molecule has 0 aliphatic heterocycles. The van der Waals surface area contributed by atoms with Gasteiger partial charge in [-0.05, 0) is 92.9 Å². The van der Waals surface area contributed by atoms with Gasteiger partial charge in [0, 0.05) is 33.9 Å². The van der Waals surface area contributed by atoms with E-state index in [0.29, 0.717) is 0 Å². The summed E-state index contributed by atoms with van der Waals surface area (Å²) in [5.41, 5.74) is 14.7. The van der Waals surface area contributed by atoms with Crippen LogP contribution in [0.4, 0.5) is 17.1 Å². The average Bonchev–Trinajstić information content (AvgIpc) is 3.73. The predicted molar refractivity (Wildman–Crippen MR) is 242 cm³/mol. The van der Waals surface area contributed by atoms with E-state index in [1.165, 1.54) is 27.8 Å². The average molecular weight is 749 g/mol. The molecule has 0 atom stereocenters. The van der Waals surface area contributed by atoms with Gasteiger partial charge in [0.2, 0.25) is 0 Å². The van der Waals surface area contributed by atoms with Crippen LogP contribution < -0.4 is 4.90 Å². The second kappa shape index (κ2) is 15.7. The second-order valence-corrected chi connectivity index (χ2v) is 15.6. The number of anilines is 3. The fourth-order valence-electron chi connectivity index (χ4n) is 7.73. The minimum absolute atomic E-state index is 0.0682. The summed E-state index contributed by atoms with van der Waals surface area (Å²) in [6.07, 6.45) is 0. The molecule has 58 heavy (non-hydrogen) atoms. The van der Waals surface area contributed by atoms with Crippen LogP contribution in [-0.4, -0.2) is 14.8 Å². The molecule has 280 valence electrons. The monoisotopic (exact) mass is 748 g/mol. The third-order valence-electron chi connectivity index (χ3n) is 10.8. The Morgan fingerprint density at radius 2 is 0.690 bits per heavy atom. The molecule has 0 aliphatic carbocycles. The molecule has 1 heterocycles. The number of rotatable bonds is 9. The summed E-state index contributed by atoms with van der Waals surface area (Å²) < 4.78 is 2.16. The van der Waals surface area contributed by atoms with Gasteiger partial charge in [0.15, 0.2) is 11.6 Å². The molecule has 0 N–H and O–H groups in total. The largest absolute Gasteiger partial charge is 0.311 e. The summed E-state index contributed by atoms with van der Waals surface area (Å²) in [6, 6.07) is 75.2. The summed E-state index contributed by atoms with van der Waals surface area (Å²) in [7, 11) is 0. The van der Waals surface area contributed by atoms with Gasteiger partial charge in [-0.1, -0.05) is 185 Å². The highest BCUT2D eigenvalue weighted by atomic mass is 15.3. The molecule has 4 nitrogen and oxygen atoms in total. The zero-order valence-corrected chi connectivity index (χ0v) is 33.0. The molecule has 0 amide bonds. The number of hydrogen-bond acceptors (Lipinski definition) is 3. The molecule has 0 radical (unpaired) electrons. The van der Waals surface area contributed by atoms with Gasteiger partial charge < -0.3 is 4.90 Å². The fraction of sp³-hybridized carbons (Fsp3) is 0.0741. The number of benzene rings is 8. The number of hydrogen-bond donors (Lipinski definition) is 0. The lowest BCUT2D eigenvalue weighted by Gasteiger charge is -2.25. The first kappa shape index (κ1) is 36.3. The molecule has 0 fully saturated rings. The van der Waals surface area contributed by atoms with Gasteiger partial charge in [-0.2, -0.15) is 0 Å². The molecule has 8 aromatic carbocycles. The lowest BCUT2D eigenvalue weighted by atomic mass is 9.86. The Hall–Kier alpha value is -7.30. The van der Waals surface area contributed by atoms with Crippen LogP contribution in [0.5, 0.6) is 0 Å². The topological polar surface area (TPSA) is 34.0 Å². The van der Waals surface area contributed by atoms with Crippen LogP contribution in [0, 0.1) is 0 Å². The first-order valence-electron chi connectivity index (χ1n) is 19.8. The maximum Gasteiger partial charge on any atom is 0.168 e. The minimum atomic E-state index is 0.0682. The summed E-state index contributed by atoms with van der Waals surface area (Å²) in [6.45, 7) is 6.70. The van der Waals surface area contributed by atoms with Gasteiger partial charge in [0.05, 0.1) is 0 Å². The van der Waals surface area contributed by atoms with Crippen LogP contribution in [0.3, 0.4) is 0 Å². The van der Waals surface area contributed by atoms with Gasteiger partial charge in [-0.15, -0.1) is 10.2 Å². The van der Waals surface area contributed by atoms with Crippen LogP contribution >= 0.6 is 0 Å². The lowest BCUT2D eigenvalue weighted by molar-refractivity contribution is 0.590. The first-order valence-corrected chi connectivity index (χ1v) is 19.8. The van der Waals surface area contributed by atoms with E-state index in [1.54, 1.807) is 0 Å². The van der Waals surface area contributed by atoms with E-state index in [-0.39, 0.29) is 5.41 Å².